The molecule has 0 aliphatic carbocycles. The third kappa shape index (κ3) is 2.69. The van der Waals surface area contributed by atoms with Gasteiger partial charge >= 0.3 is 0 Å². The van der Waals surface area contributed by atoms with Crippen LogP contribution in [0.15, 0.2) is 18.2 Å². The van der Waals surface area contributed by atoms with Crippen molar-refractivity contribution in [1.29, 1.82) is 0 Å². The fourth-order valence-corrected chi connectivity index (χ4v) is 1.63. The second kappa shape index (κ2) is 4.61. The van der Waals surface area contributed by atoms with Gasteiger partial charge in [0.25, 0.3) is 0 Å². The zero-order chi connectivity index (χ0) is 9.84. The van der Waals surface area contributed by atoms with E-state index in [1.807, 2.05) is 32.2 Å². The largest absolute Gasteiger partial charge is 0.394 e. The highest BCUT2D eigenvalue weighted by Gasteiger charge is 2.08. The molecule has 0 aliphatic heterocycles. The number of likely N-dealkylation sites (N-methyl/N-ethyl adjacent to an activating group) is 1. The van der Waals surface area contributed by atoms with Crippen LogP contribution in [0.3, 0.4) is 0 Å². The Morgan fingerprint density at radius 1 is 1.46 bits per heavy atom. The zero-order valence-corrected chi connectivity index (χ0v) is 8.60. The Kier molecular flexibility index (Phi) is 3.72. The fraction of sp³-hybridized carbons (Fsp3) is 0.400. The summed E-state index contributed by atoms with van der Waals surface area (Å²) in [6.07, 6.45) is 0. The summed E-state index contributed by atoms with van der Waals surface area (Å²) in [7, 11) is 1.82. The van der Waals surface area contributed by atoms with Crippen LogP contribution in [-0.2, 0) is 0 Å². The molecule has 1 atom stereocenters. The third-order valence-corrected chi connectivity index (χ3v) is 2.22. The van der Waals surface area contributed by atoms with E-state index in [-0.39, 0.29) is 12.6 Å². The van der Waals surface area contributed by atoms with Crippen molar-refractivity contribution in [2.24, 2.45) is 0 Å². The van der Waals surface area contributed by atoms with Crippen LogP contribution in [0.2, 0.25) is 5.02 Å². The number of aliphatic hydroxyl groups is 1. The van der Waals surface area contributed by atoms with Crippen LogP contribution in [0.5, 0.6) is 0 Å². The molecule has 3 heteroatoms. The Hall–Kier alpha value is -0.570. The van der Waals surface area contributed by atoms with Crippen molar-refractivity contribution >= 4 is 11.6 Å². The average Bonchev–Trinajstić information content (AvgIpc) is 2.04. The molecule has 2 N–H and O–H groups in total. The maximum Gasteiger partial charge on any atom is 0.0626 e. The van der Waals surface area contributed by atoms with Gasteiger partial charge in [0.05, 0.1) is 12.6 Å². The lowest BCUT2D eigenvalue weighted by atomic mass is 10.1. The van der Waals surface area contributed by atoms with Gasteiger partial charge in [0.2, 0.25) is 0 Å². The number of aryl methyl sites for hydroxylation is 1. The summed E-state index contributed by atoms with van der Waals surface area (Å²) >= 11 is 5.90. The molecule has 0 aromatic heterocycles. The summed E-state index contributed by atoms with van der Waals surface area (Å²) in [6.45, 7) is 2.07. The Labute approximate surface area is 83.5 Å². The summed E-state index contributed by atoms with van der Waals surface area (Å²) in [5.74, 6) is 0. The van der Waals surface area contributed by atoms with Crippen molar-refractivity contribution in [3.05, 3.63) is 34.3 Å². The number of benzene rings is 1. The monoisotopic (exact) mass is 199 g/mol. The second-order valence-corrected chi connectivity index (χ2v) is 3.52. The zero-order valence-electron chi connectivity index (χ0n) is 7.84. The van der Waals surface area contributed by atoms with Gasteiger partial charge in [0.1, 0.15) is 0 Å². The van der Waals surface area contributed by atoms with Crippen molar-refractivity contribution in [2.75, 3.05) is 13.7 Å². The molecule has 1 aromatic carbocycles. The molecule has 0 amide bonds. The van der Waals surface area contributed by atoms with E-state index in [9.17, 15) is 0 Å². The van der Waals surface area contributed by atoms with Crippen molar-refractivity contribution in [3.63, 3.8) is 0 Å². The Morgan fingerprint density at radius 2 is 2.15 bits per heavy atom. The molecule has 0 fully saturated rings. The van der Waals surface area contributed by atoms with Crippen LogP contribution in [0, 0.1) is 6.92 Å². The van der Waals surface area contributed by atoms with Gasteiger partial charge < -0.3 is 10.4 Å². The van der Waals surface area contributed by atoms with Gasteiger partial charge in [0, 0.05) is 5.02 Å². The molecular formula is C10H14ClNO. The number of aliphatic hydroxyl groups excluding tert-OH is 1. The molecule has 0 radical (unpaired) electrons. The molecule has 0 heterocycles. The molecule has 0 aliphatic rings. The molecule has 1 rings (SSSR count). The minimum atomic E-state index is -0.0302. The smallest absolute Gasteiger partial charge is 0.0626 e. The van der Waals surface area contributed by atoms with Crippen molar-refractivity contribution in [1.82, 2.24) is 5.32 Å². The SMILES string of the molecule is CN[C@@H](CO)c1cc(C)cc(Cl)c1. The minimum absolute atomic E-state index is 0.0302. The fourth-order valence-electron chi connectivity index (χ4n) is 1.33. The summed E-state index contributed by atoms with van der Waals surface area (Å²) in [5.41, 5.74) is 2.13. The lowest BCUT2D eigenvalue weighted by Crippen LogP contribution is -2.19. The van der Waals surface area contributed by atoms with E-state index in [1.54, 1.807) is 0 Å². The number of hydrogen-bond acceptors (Lipinski definition) is 2. The van der Waals surface area contributed by atoms with Crippen molar-refractivity contribution in [3.8, 4) is 0 Å². The van der Waals surface area contributed by atoms with E-state index >= 15 is 0 Å². The maximum absolute atomic E-state index is 9.06. The lowest BCUT2D eigenvalue weighted by Gasteiger charge is -2.14. The second-order valence-electron chi connectivity index (χ2n) is 3.09. The highest BCUT2D eigenvalue weighted by molar-refractivity contribution is 6.30. The number of nitrogens with one attached hydrogen (secondary N) is 1. The first-order valence-electron chi connectivity index (χ1n) is 4.22. The number of rotatable bonds is 3. The van der Waals surface area contributed by atoms with E-state index < -0.39 is 0 Å². The van der Waals surface area contributed by atoms with Crippen molar-refractivity contribution < 1.29 is 5.11 Å². The molecule has 0 unspecified atom stereocenters. The van der Waals surface area contributed by atoms with Gasteiger partial charge in [-0.25, -0.2) is 0 Å². The molecule has 0 saturated carbocycles. The number of hydrogen-bond donors (Lipinski definition) is 2. The maximum atomic E-state index is 9.06. The quantitative estimate of drug-likeness (QED) is 0.780. The van der Waals surface area contributed by atoms with Crippen LogP contribution in [0.4, 0.5) is 0 Å². The minimum Gasteiger partial charge on any atom is -0.394 e. The van der Waals surface area contributed by atoms with Gasteiger partial charge in [-0.1, -0.05) is 17.7 Å². The molecule has 0 spiro atoms. The Morgan fingerprint density at radius 3 is 2.62 bits per heavy atom. The summed E-state index contributed by atoms with van der Waals surface area (Å²) in [4.78, 5) is 0. The highest BCUT2D eigenvalue weighted by Crippen LogP contribution is 2.19. The van der Waals surface area contributed by atoms with E-state index in [1.165, 1.54) is 0 Å². The van der Waals surface area contributed by atoms with Crippen LogP contribution in [0.25, 0.3) is 0 Å². The normalized spacial score (nSPS) is 12.9. The molecule has 2 nitrogen and oxygen atoms in total. The molecule has 13 heavy (non-hydrogen) atoms. The van der Waals surface area contributed by atoms with Gasteiger partial charge in [-0.3, -0.25) is 0 Å². The molecule has 72 valence electrons. The summed E-state index contributed by atoms with van der Waals surface area (Å²) in [6, 6.07) is 5.75. The topological polar surface area (TPSA) is 32.3 Å². The summed E-state index contributed by atoms with van der Waals surface area (Å²) in [5, 5.41) is 12.8. The van der Waals surface area contributed by atoms with Gasteiger partial charge in [-0.2, -0.15) is 0 Å². The highest BCUT2D eigenvalue weighted by atomic mass is 35.5. The summed E-state index contributed by atoms with van der Waals surface area (Å²) < 4.78 is 0. The van der Waals surface area contributed by atoms with Crippen LogP contribution in [-0.4, -0.2) is 18.8 Å². The van der Waals surface area contributed by atoms with Crippen LogP contribution < -0.4 is 5.32 Å². The van der Waals surface area contributed by atoms with Gasteiger partial charge in [-0.05, 0) is 37.2 Å². The first-order chi connectivity index (χ1) is 6.17. The van der Waals surface area contributed by atoms with Gasteiger partial charge in [0.15, 0.2) is 0 Å². The third-order valence-electron chi connectivity index (χ3n) is 2.00. The van der Waals surface area contributed by atoms with E-state index in [2.05, 4.69) is 5.32 Å². The van der Waals surface area contributed by atoms with Gasteiger partial charge in [-0.15, -0.1) is 0 Å². The van der Waals surface area contributed by atoms with E-state index in [0.717, 1.165) is 11.1 Å². The molecule has 0 bridgehead atoms. The van der Waals surface area contributed by atoms with E-state index in [0.29, 0.717) is 5.02 Å². The molecule has 1 aromatic rings. The predicted octanol–water partition coefficient (Wildman–Crippen LogP) is 1.90. The standard InChI is InChI=1S/C10H14ClNO/c1-7-3-8(5-9(11)4-7)10(6-13)12-2/h3-5,10,12-13H,6H2,1-2H3/t10-/m0/s1. The number of halogens is 1. The molecular weight excluding hydrogens is 186 g/mol. The average molecular weight is 200 g/mol. The van der Waals surface area contributed by atoms with Crippen molar-refractivity contribution in [2.45, 2.75) is 13.0 Å². The Balaban J connectivity index is 2.99. The van der Waals surface area contributed by atoms with Crippen LogP contribution in [0.1, 0.15) is 17.2 Å². The molecule has 0 saturated heterocycles. The predicted molar refractivity (Wildman–Crippen MR) is 55.1 cm³/mol. The Bertz CT molecular complexity index is 264. The lowest BCUT2D eigenvalue weighted by molar-refractivity contribution is 0.251. The van der Waals surface area contributed by atoms with E-state index in [4.69, 9.17) is 16.7 Å². The van der Waals surface area contributed by atoms with Crippen LogP contribution >= 0.6 is 11.6 Å². The first kappa shape index (κ1) is 10.5. The first-order valence-corrected chi connectivity index (χ1v) is 4.60.